The zero-order chi connectivity index (χ0) is 16.1. The predicted molar refractivity (Wildman–Crippen MR) is 92.9 cm³/mol. The third-order valence-electron chi connectivity index (χ3n) is 4.96. The third-order valence-corrected chi connectivity index (χ3v) is 4.96. The van der Waals surface area contributed by atoms with Crippen molar-refractivity contribution in [3.63, 3.8) is 0 Å². The van der Waals surface area contributed by atoms with Crippen molar-refractivity contribution < 1.29 is 9.47 Å². The van der Waals surface area contributed by atoms with Gasteiger partial charge in [0.1, 0.15) is 5.75 Å². The molecule has 2 saturated heterocycles. The van der Waals surface area contributed by atoms with Gasteiger partial charge in [0.25, 0.3) is 0 Å². The zero-order valence-corrected chi connectivity index (χ0v) is 14.5. The maximum absolute atomic E-state index is 5.67. The number of benzene rings is 1. The number of ether oxygens (including phenoxy) is 2. The van der Waals surface area contributed by atoms with Crippen LogP contribution < -0.4 is 4.74 Å². The van der Waals surface area contributed by atoms with Gasteiger partial charge in [-0.25, -0.2) is 0 Å². The summed E-state index contributed by atoms with van der Waals surface area (Å²) in [4.78, 5) is 5.21. The molecule has 128 valence electrons. The third kappa shape index (κ3) is 4.69. The van der Waals surface area contributed by atoms with Crippen LogP contribution in [0.4, 0.5) is 0 Å². The van der Waals surface area contributed by atoms with Crippen molar-refractivity contribution in [2.24, 2.45) is 0 Å². The molecule has 0 amide bonds. The average Bonchev–Trinajstić information content (AvgIpc) is 2.56. The average molecular weight is 318 g/mol. The zero-order valence-electron chi connectivity index (χ0n) is 14.5. The lowest BCUT2D eigenvalue weighted by Gasteiger charge is -2.41. The van der Waals surface area contributed by atoms with E-state index < -0.39 is 0 Å². The highest BCUT2D eigenvalue weighted by atomic mass is 16.5. The molecule has 23 heavy (non-hydrogen) atoms. The Kier molecular flexibility index (Phi) is 5.92. The highest BCUT2D eigenvalue weighted by molar-refractivity contribution is 5.28. The maximum Gasteiger partial charge on any atom is 0.119 e. The van der Waals surface area contributed by atoms with Crippen LogP contribution in [0.5, 0.6) is 5.75 Å². The molecule has 3 rings (SSSR count). The molecular formula is C19H30N2O2. The molecule has 0 bridgehead atoms. The van der Waals surface area contributed by atoms with Crippen molar-refractivity contribution >= 4 is 0 Å². The highest BCUT2D eigenvalue weighted by Gasteiger charge is 2.27. The van der Waals surface area contributed by atoms with Gasteiger partial charge in [-0.3, -0.25) is 9.80 Å². The number of hydrogen-bond donors (Lipinski definition) is 0. The van der Waals surface area contributed by atoms with Crippen LogP contribution in [0.3, 0.4) is 0 Å². The lowest BCUT2D eigenvalue weighted by molar-refractivity contribution is -0.0437. The van der Waals surface area contributed by atoms with Crippen molar-refractivity contribution in [1.29, 1.82) is 0 Å². The molecule has 2 aliphatic rings. The Morgan fingerprint density at radius 2 is 2.04 bits per heavy atom. The molecule has 0 saturated carbocycles. The van der Waals surface area contributed by atoms with Crippen molar-refractivity contribution in [3.8, 4) is 5.75 Å². The minimum atomic E-state index is 0.392. The highest BCUT2D eigenvalue weighted by Crippen LogP contribution is 2.21. The minimum absolute atomic E-state index is 0.392. The molecule has 2 heterocycles. The second-order valence-electron chi connectivity index (χ2n) is 6.76. The number of piperidine rings is 1. The van der Waals surface area contributed by atoms with Crippen LogP contribution in [0.25, 0.3) is 0 Å². The number of likely N-dealkylation sites (tertiary alicyclic amines) is 1. The van der Waals surface area contributed by atoms with Gasteiger partial charge < -0.3 is 9.47 Å². The molecule has 4 heteroatoms. The first-order valence-corrected chi connectivity index (χ1v) is 9.04. The summed E-state index contributed by atoms with van der Waals surface area (Å²) in [6.45, 7) is 11.5. The van der Waals surface area contributed by atoms with E-state index in [0.29, 0.717) is 6.10 Å². The second-order valence-corrected chi connectivity index (χ2v) is 6.76. The SMILES string of the molecule is CCOc1cccc(CN2CCC(N3CCO[C@H](C)C3)CC2)c1. The number of morpholine rings is 1. The summed E-state index contributed by atoms with van der Waals surface area (Å²) in [5.74, 6) is 0.988. The smallest absolute Gasteiger partial charge is 0.119 e. The number of rotatable bonds is 5. The van der Waals surface area contributed by atoms with E-state index in [0.717, 1.165) is 44.6 Å². The van der Waals surface area contributed by atoms with E-state index in [-0.39, 0.29) is 0 Å². The van der Waals surface area contributed by atoms with Crippen LogP contribution in [0.2, 0.25) is 0 Å². The Bertz CT molecular complexity index is 486. The Morgan fingerprint density at radius 3 is 2.78 bits per heavy atom. The van der Waals surface area contributed by atoms with Gasteiger partial charge >= 0.3 is 0 Å². The van der Waals surface area contributed by atoms with Crippen LogP contribution in [0.1, 0.15) is 32.3 Å². The van der Waals surface area contributed by atoms with Crippen molar-refractivity contribution in [2.45, 2.75) is 45.4 Å². The first-order valence-electron chi connectivity index (χ1n) is 9.04. The summed E-state index contributed by atoms with van der Waals surface area (Å²) < 4.78 is 11.3. The topological polar surface area (TPSA) is 24.9 Å². The normalized spacial score (nSPS) is 24.7. The van der Waals surface area contributed by atoms with Gasteiger partial charge in [0.2, 0.25) is 0 Å². The van der Waals surface area contributed by atoms with Gasteiger partial charge in [0.15, 0.2) is 0 Å². The van der Waals surface area contributed by atoms with E-state index >= 15 is 0 Å². The van der Waals surface area contributed by atoms with Crippen LogP contribution in [0.15, 0.2) is 24.3 Å². The molecule has 1 aromatic carbocycles. The fraction of sp³-hybridized carbons (Fsp3) is 0.684. The summed E-state index contributed by atoms with van der Waals surface area (Å²) in [6, 6.07) is 9.27. The Balaban J connectivity index is 1.48. The van der Waals surface area contributed by atoms with Crippen molar-refractivity contribution in [1.82, 2.24) is 9.80 Å². The molecule has 2 aliphatic heterocycles. The lowest BCUT2D eigenvalue weighted by Crippen LogP contribution is -2.50. The van der Waals surface area contributed by atoms with Gasteiger partial charge in [0, 0.05) is 25.7 Å². The standard InChI is InChI=1S/C19H30N2O2/c1-3-22-19-6-4-5-17(13-19)15-20-9-7-18(8-10-20)21-11-12-23-16(2)14-21/h4-6,13,16,18H,3,7-12,14-15H2,1-2H3/t16-/m1/s1. The molecule has 1 atom stereocenters. The van der Waals surface area contributed by atoms with Gasteiger partial charge in [-0.15, -0.1) is 0 Å². The Labute approximate surface area is 140 Å². The fourth-order valence-corrected chi connectivity index (χ4v) is 3.78. The van der Waals surface area contributed by atoms with Crippen LogP contribution in [0, 0.1) is 0 Å². The van der Waals surface area contributed by atoms with Gasteiger partial charge in [-0.1, -0.05) is 12.1 Å². The molecule has 0 radical (unpaired) electrons. The lowest BCUT2D eigenvalue weighted by atomic mass is 10.0. The molecule has 4 nitrogen and oxygen atoms in total. The first kappa shape index (κ1) is 16.7. The minimum Gasteiger partial charge on any atom is -0.494 e. The fourth-order valence-electron chi connectivity index (χ4n) is 3.78. The van der Waals surface area contributed by atoms with Gasteiger partial charge in [-0.05, 0) is 57.5 Å². The summed E-state index contributed by atoms with van der Waals surface area (Å²) in [5, 5.41) is 0. The van der Waals surface area contributed by atoms with E-state index in [1.165, 1.54) is 31.5 Å². The number of nitrogens with zero attached hydrogens (tertiary/aromatic N) is 2. The van der Waals surface area contributed by atoms with Gasteiger partial charge in [0.05, 0.1) is 19.3 Å². The summed E-state index contributed by atoms with van der Waals surface area (Å²) in [6.07, 6.45) is 2.94. The monoisotopic (exact) mass is 318 g/mol. The van der Waals surface area contributed by atoms with E-state index in [1.807, 2.05) is 13.0 Å². The van der Waals surface area contributed by atoms with Crippen LogP contribution in [-0.2, 0) is 11.3 Å². The molecule has 1 aromatic rings. The van der Waals surface area contributed by atoms with Crippen molar-refractivity contribution in [3.05, 3.63) is 29.8 Å². The van der Waals surface area contributed by atoms with Crippen molar-refractivity contribution in [2.75, 3.05) is 39.4 Å². The largest absolute Gasteiger partial charge is 0.494 e. The molecule has 0 aromatic heterocycles. The Morgan fingerprint density at radius 1 is 1.22 bits per heavy atom. The van der Waals surface area contributed by atoms with Crippen LogP contribution >= 0.6 is 0 Å². The molecule has 0 N–H and O–H groups in total. The van der Waals surface area contributed by atoms with Crippen LogP contribution in [-0.4, -0.2) is 61.3 Å². The van der Waals surface area contributed by atoms with Gasteiger partial charge in [-0.2, -0.15) is 0 Å². The van der Waals surface area contributed by atoms with E-state index in [1.54, 1.807) is 0 Å². The summed E-state index contributed by atoms with van der Waals surface area (Å²) in [7, 11) is 0. The quantitative estimate of drug-likeness (QED) is 0.833. The summed E-state index contributed by atoms with van der Waals surface area (Å²) >= 11 is 0. The molecule has 2 fully saturated rings. The Hall–Kier alpha value is -1.10. The molecule has 0 aliphatic carbocycles. The van der Waals surface area contributed by atoms with E-state index in [2.05, 4.69) is 34.9 Å². The second kappa shape index (κ2) is 8.13. The molecule has 0 unspecified atom stereocenters. The number of hydrogen-bond acceptors (Lipinski definition) is 4. The predicted octanol–water partition coefficient (Wildman–Crippen LogP) is 2.77. The molecule has 0 spiro atoms. The van der Waals surface area contributed by atoms with E-state index in [4.69, 9.17) is 9.47 Å². The van der Waals surface area contributed by atoms with E-state index in [9.17, 15) is 0 Å². The first-order chi connectivity index (χ1) is 11.2. The molecular weight excluding hydrogens is 288 g/mol. The summed E-state index contributed by atoms with van der Waals surface area (Å²) in [5.41, 5.74) is 1.36. The maximum atomic E-state index is 5.67.